The first-order chi connectivity index (χ1) is 10.8. The highest BCUT2D eigenvalue weighted by Gasteiger charge is 2.52. The summed E-state index contributed by atoms with van der Waals surface area (Å²) in [6.07, 6.45) is 12.1. The van der Waals surface area contributed by atoms with Crippen LogP contribution in [0.5, 0.6) is 0 Å². The zero-order valence-corrected chi connectivity index (χ0v) is 13.2. The van der Waals surface area contributed by atoms with Gasteiger partial charge in [0, 0.05) is 12.2 Å². The van der Waals surface area contributed by atoms with Crippen LogP contribution in [0.3, 0.4) is 0 Å². The summed E-state index contributed by atoms with van der Waals surface area (Å²) in [6.45, 7) is 0. The lowest BCUT2D eigenvalue weighted by Gasteiger charge is -2.32. The van der Waals surface area contributed by atoms with Gasteiger partial charge in [0.1, 0.15) is 0 Å². The van der Waals surface area contributed by atoms with E-state index in [2.05, 4.69) is 33.0 Å². The second-order valence-electron chi connectivity index (χ2n) is 6.50. The number of thiocarbonyl (C=S) groups is 1. The molecule has 0 unspecified atom stereocenters. The summed E-state index contributed by atoms with van der Waals surface area (Å²) >= 11 is 5.37. The second kappa shape index (κ2) is 5.80. The largest absolute Gasteiger partial charge is 0.358 e. The number of hydrazone groups is 1. The molecule has 5 heteroatoms. The van der Waals surface area contributed by atoms with Gasteiger partial charge in [0.05, 0.1) is 11.9 Å². The molecule has 1 aromatic rings. The Morgan fingerprint density at radius 1 is 1.32 bits per heavy atom. The van der Waals surface area contributed by atoms with Crippen molar-refractivity contribution in [1.82, 2.24) is 15.7 Å². The van der Waals surface area contributed by atoms with Crippen LogP contribution >= 0.6 is 12.2 Å². The van der Waals surface area contributed by atoms with E-state index in [4.69, 9.17) is 12.2 Å². The molecule has 0 aliphatic heterocycles. The smallest absolute Gasteiger partial charge is 0.187 e. The summed E-state index contributed by atoms with van der Waals surface area (Å²) in [4.78, 5) is 4.19. The van der Waals surface area contributed by atoms with Gasteiger partial charge in [-0.1, -0.05) is 18.2 Å². The Hall–Kier alpha value is -1.75. The number of hydrogen-bond acceptors (Lipinski definition) is 3. The molecule has 22 heavy (non-hydrogen) atoms. The molecule has 114 valence electrons. The minimum absolute atomic E-state index is 0.499. The Kier molecular flexibility index (Phi) is 3.66. The number of hydrogen-bond donors (Lipinski definition) is 2. The molecule has 3 aliphatic carbocycles. The second-order valence-corrected chi connectivity index (χ2v) is 6.91. The predicted molar refractivity (Wildman–Crippen MR) is 91.4 cm³/mol. The number of pyridine rings is 1. The van der Waals surface area contributed by atoms with Crippen LogP contribution < -0.4 is 10.7 Å². The van der Waals surface area contributed by atoms with Crippen molar-refractivity contribution in [1.29, 1.82) is 0 Å². The summed E-state index contributed by atoms with van der Waals surface area (Å²) < 4.78 is 0. The molecule has 2 saturated carbocycles. The molecule has 2 bridgehead atoms. The SMILES string of the molecule is S=C(N/N=C\c1ccccn1)N[C@H]1C[C@H]2C[C@@H]1[C@H]1C=CC[C@H]21. The molecular weight excluding hydrogens is 292 g/mol. The topological polar surface area (TPSA) is 49.3 Å². The van der Waals surface area contributed by atoms with Gasteiger partial charge in [-0.2, -0.15) is 5.10 Å². The van der Waals surface area contributed by atoms with Gasteiger partial charge in [-0.25, -0.2) is 0 Å². The maximum absolute atomic E-state index is 5.37. The van der Waals surface area contributed by atoms with Gasteiger partial charge in [-0.15, -0.1) is 0 Å². The van der Waals surface area contributed by atoms with Crippen molar-refractivity contribution in [2.24, 2.45) is 28.8 Å². The van der Waals surface area contributed by atoms with Crippen LogP contribution in [-0.2, 0) is 0 Å². The summed E-state index contributed by atoms with van der Waals surface area (Å²) in [6, 6.07) is 6.23. The molecule has 0 amide bonds. The molecule has 1 heterocycles. The minimum atomic E-state index is 0.499. The molecule has 2 N–H and O–H groups in total. The van der Waals surface area contributed by atoms with E-state index in [1.807, 2.05) is 18.2 Å². The molecule has 0 aromatic carbocycles. The Bertz CT molecular complexity index is 612. The van der Waals surface area contributed by atoms with Crippen LogP contribution in [0.25, 0.3) is 0 Å². The number of rotatable bonds is 3. The van der Waals surface area contributed by atoms with Crippen molar-refractivity contribution in [2.45, 2.75) is 25.3 Å². The van der Waals surface area contributed by atoms with Crippen LogP contribution in [0.4, 0.5) is 0 Å². The molecule has 1 aromatic heterocycles. The molecule has 0 radical (unpaired) electrons. The van der Waals surface area contributed by atoms with E-state index >= 15 is 0 Å². The van der Waals surface area contributed by atoms with Crippen molar-refractivity contribution >= 4 is 23.5 Å². The van der Waals surface area contributed by atoms with E-state index in [1.165, 1.54) is 19.3 Å². The number of fused-ring (bicyclic) bond motifs is 5. The first kappa shape index (κ1) is 13.9. The molecule has 4 nitrogen and oxygen atoms in total. The Morgan fingerprint density at radius 2 is 2.27 bits per heavy atom. The Morgan fingerprint density at radius 3 is 3.14 bits per heavy atom. The zero-order chi connectivity index (χ0) is 14.9. The van der Waals surface area contributed by atoms with E-state index in [9.17, 15) is 0 Å². The summed E-state index contributed by atoms with van der Waals surface area (Å²) in [7, 11) is 0. The lowest BCUT2D eigenvalue weighted by atomic mass is 9.79. The third kappa shape index (κ3) is 2.54. The number of nitrogens with one attached hydrogen (secondary N) is 2. The molecular formula is C17H20N4S. The van der Waals surface area contributed by atoms with E-state index in [0.29, 0.717) is 11.2 Å². The van der Waals surface area contributed by atoms with Crippen LogP contribution in [0.1, 0.15) is 25.0 Å². The van der Waals surface area contributed by atoms with Gasteiger partial charge >= 0.3 is 0 Å². The minimum Gasteiger partial charge on any atom is -0.358 e. The van der Waals surface area contributed by atoms with Crippen LogP contribution in [0.2, 0.25) is 0 Å². The van der Waals surface area contributed by atoms with Crippen molar-refractivity contribution < 1.29 is 0 Å². The molecule has 4 rings (SSSR count). The number of allylic oxidation sites excluding steroid dienone is 2. The normalized spacial score (nSPS) is 35.0. The summed E-state index contributed by atoms with van der Waals surface area (Å²) in [5.41, 5.74) is 3.73. The van der Waals surface area contributed by atoms with Crippen LogP contribution in [0.15, 0.2) is 41.6 Å². The van der Waals surface area contributed by atoms with Gasteiger partial charge in [0.15, 0.2) is 5.11 Å². The maximum Gasteiger partial charge on any atom is 0.187 e. The van der Waals surface area contributed by atoms with E-state index in [1.54, 1.807) is 12.4 Å². The van der Waals surface area contributed by atoms with Crippen molar-refractivity contribution in [3.05, 3.63) is 42.2 Å². The summed E-state index contributed by atoms with van der Waals surface area (Å²) in [5, 5.41) is 8.23. The third-order valence-electron chi connectivity index (χ3n) is 5.38. The van der Waals surface area contributed by atoms with E-state index in [0.717, 1.165) is 29.4 Å². The van der Waals surface area contributed by atoms with Crippen LogP contribution in [0, 0.1) is 23.7 Å². The third-order valence-corrected chi connectivity index (χ3v) is 5.59. The monoisotopic (exact) mass is 312 g/mol. The van der Waals surface area contributed by atoms with Gasteiger partial charge < -0.3 is 5.32 Å². The molecule has 0 saturated heterocycles. The standard InChI is InChI=1S/C17H20N4S/c22-17(21-19-10-12-4-1-2-7-18-12)20-16-9-11-8-15(16)14-6-3-5-13(11)14/h1-4,6-7,10-11,13-16H,5,8-9H2,(H2,20,21,22)/b19-10-/t11-,13-,14+,15-,16+/m1/s1. The first-order valence-electron chi connectivity index (χ1n) is 7.98. The highest BCUT2D eigenvalue weighted by Crippen LogP contribution is 2.56. The zero-order valence-electron chi connectivity index (χ0n) is 12.4. The fourth-order valence-corrected chi connectivity index (χ4v) is 4.73. The predicted octanol–water partition coefficient (Wildman–Crippen LogP) is 2.48. The number of aromatic nitrogens is 1. The molecule has 3 aliphatic rings. The van der Waals surface area contributed by atoms with Gasteiger partial charge in [0.2, 0.25) is 0 Å². The molecule has 0 spiro atoms. The maximum atomic E-state index is 5.37. The van der Waals surface area contributed by atoms with Crippen LogP contribution in [-0.4, -0.2) is 22.4 Å². The molecule has 2 fully saturated rings. The first-order valence-corrected chi connectivity index (χ1v) is 8.39. The van der Waals surface area contributed by atoms with Crippen molar-refractivity contribution in [2.75, 3.05) is 0 Å². The van der Waals surface area contributed by atoms with Crippen molar-refractivity contribution in [3.8, 4) is 0 Å². The Labute approximate surface area is 136 Å². The number of nitrogens with zero attached hydrogens (tertiary/aromatic N) is 2. The van der Waals surface area contributed by atoms with Gasteiger partial charge in [0.25, 0.3) is 0 Å². The lowest BCUT2D eigenvalue weighted by Crippen LogP contribution is -2.45. The van der Waals surface area contributed by atoms with Gasteiger partial charge in [-0.05, 0) is 67.3 Å². The van der Waals surface area contributed by atoms with E-state index < -0.39 is 0 Å². The average molecular weight is 312 g/mol. The average Bonchev–Trinajstić information content (AvgIpc) is 3.20. The fraction of sp³-hybridized carbons (Fsp3) is 0.471. The lowest BCUT2D eigenvalue weighted by molar-refractivity contribution is 0.246. The Balaban J connectivity index is 1.30. The highest BCUT2D eigenvalue weighted by molar-refractivity contribution is 7.80. The highest BCUT2D eigenvalue weighted by atomic mass is 32.1. The summed E-state index contributed by atoms with van der Waals surface area (Å²) in [5.74, 6) is 3.30. The van der Waals surface area contributed by atoms with Gasteiger partial charge in [-0.3, -0.25) is 10.4 Å². The fourth-order valence-electron chi connectivity index (χ4n) is 4.52. The van der Waals surface area contributed by atoms with Crippen molar-refractivity contribution in [3.63, 3.8) is 0 Å². The van der Waals surface area contributed by atoms with E-state index in [-0.39, 0.29) is 0 Å². The quantitative estimate of drug-likeness (QED) is 0.390. The molecule has 5 atom stereocenters.